The van der Waals surface area contributed by atoms with Crippen LogP contribution in [0.1, 0.15) is 63.4 Å². The fourth-order valence-corrected chi connectivity index (χ4v) is 5.89. The van der Waals surface area contributed by atoms with Crippen LogP contribution in [0.15, 0.2) is 66.9 Å². The summed E-state index contributed by atoms with van der Waals surface area (Å²) >= 11 is 0. The molecule has 39 heavy (non-hydrogen) atoms. The zero-order chi connectivity index (χ0) is 27.4. The van der Waals surface area contributed by atoms with Crippen LogP contribution in [0, 0.1) is 11.8 Å². The maximum Gasteiger partial charge on any atom is 0.295 e. The number of Topliss-reactive ketones (excluding diaryl/α,β-unsaturated/α-hetero) is 1. The van der Waals surface area contributed by atoms with E-state index in [2.05, 4.69) is 29.6 Å². The molecule has 5 rings (SSSR count). The topological polar surface area (TPSA) is 85.1 Å². The first-order valence-corrected chi connectivity index (χ1v) is 13.9. The molecule has 0 aliphatic heterocycles. The van der Waals surface area contributed by atoms with Crippen molar-refractivity contribution in [2.45, 2.75) is 69.8 Å². The largest absolute Gasteiger partial charge is 0.325 e. The number of anilines is 1. The summed E-state index contributed by atoms with van der Waals surface area (Å²) in [5.74, 6) is -0.884. The number of rotatable bonds is 9. The summed E-state index contributed by atoms with van der Waals surface area (Å²) in [5, 5.41) is 3.01. The number of carbonyl (C=O) groups excluding carboxylic acids is 2. The molecule has 2 aliphatic carbocycles. The third-order valence-corrected chi connectivity index (χ3v) is 8.41. The van der Waals surface area contributed by atoms with Crippen LogP contribution in [-0.4, -0.2) is 23.1 Å². The number of hydrogen-bond donors (Lipinski definition) is 2. The minimum atomic E-state index is -2.89. The van der Waals surface area contributed by atoms with Gasteiger partial charge < -0.3 is 11.1 Å². The van der Waals surface area contributed by atoms with Crippen LogP contribution in [0.25, 0.3) is 22.4 Å². The third kappa shape index (κ3) is 6.41. The summed E-state index contributed by atoms with van der Waals surface area (Å²) in [6.07, 6.45) is 5.21. The SMILES string of the molecule is NC1(c2ccc(-c3ncc(NC(=O)CC4CCC(CC(=O)C(F)F)CC4)cc3-c3ccccc3)cc2)CCC1. The molecule has 3 N–H and O–H groups in total. The summed E-state index contributed by atoms with van der Waals surface area (Å²) in [6, 6.07) is 20.3. The number of carbonyl (C=O) groups is 2. The lowest BCUT2D eigenvalue weighted by molar-refractivity contribution is -0.130. The predicted octanol–water partition coefficient (Wildman–Crippen LogP) is 7.11. The summed E-state index contributed by atoms with van der Waals surface area (Å²) in [6.45, 7) is 0. The summed E-state index contributed by atoms with van der Waals surface area (Å²) in [4.78, 5) is 29.0. The maximum atomic E-state index is 12.9. The Morgan fingerprint density at radius 2 is 1.56 bits per heavy atom. The van der Waals surface area contributed by atoms with Crippen molar-refractivity contribution in [3.05, 3.63) is 72.4 Å². The number of benzene rings is 2. The Balaban J connectivity index is 1.27. The third-order valence-electron chi connectivity index (χ3n) is 8.41. The van der Waals surface area contributed by atoms with E-state index in [1.807, 2.05) is 36.4 Å². The van der Waals surface area contributed by atoms with Gasteiger partial charge in [-0.3, -0.25) is 14.6 Å². The number of nitrogens with zero attached hydrogens (tertiary/aromatic N) is 1. The number of amides is 1. The van der Waals surface area contributed by atoms with E-state index in [0.717, 1.165) is 60.1 Å². The van der Waals surface area contributed by atoms with E-state index in [-0.39, 0.29) is 29.7 Å². The molecular formula is C32H35F2N3O2. The van der Waals surface area contributed by atoms with Gasteiger partial charge in [0.2, 0.25) is 5.91 Å². The van der Waals surface area contributed by atoms with Gasteiger partial charge in [-0.2, -0.15) is 0 Å². The van der Waals surface area contributed by atoms with Crippen molar-refractivity contribution in [1.82, 2.24) is 4.98 Å². The Labute approximate surface area is 228 Å². The van der Waals surface area contributed by atoms with Crippen LogP contribution < -0.4 is 11.1 Å². The molecule has 0 atom stereocenters. The van der Waals surface area contributed by atoms with Gasteiger partial charge in [0.25, 0.3) is 6.43 Å². The molecule has 2 saturated carbocycles. The molecule has 2 fully saturated rings. The van der Waals surface area contributed by atoms with Crippen molar-refractivity contribution >= 4 is 17.4 Å². The van der Waals surface area contributed by atoms with Crippen LogP contribution in [0.2, 0.25) is 0 Å². The molecule has 0 radical (unpaired) electrons. The van der Waals surface area contributed by atoms with E-state index < -0.39 is 12.2 Å². The molecule has 204 valence electrons. The van der Waals surface area contributed by atoms with Crippen molar-refractivity contribution in [2.75, 3.05) is 5.32 Å². The predicted molar refractivity (Wildman–Crippen MR) is 149 cm³/mol. The molecule has 0 saturated heterocycles. The highest BCUT2D eigenvalue weighted by atomic mass is 19.3. The van der Waals surface area contributed by atoms with Crippen LogP contribution in [-0.2, 0) is 15.1 Å². The standard InChI is InChI=1S/C32H35F2N3O2/c33-31(34)28(38)17-21-7-9-22(10-8-21)18-29(39)37-26-19-27(23-5-2-1-3-6-23)30(36-20-26)24-11-13-25(14-12-24)32(35)15-4-16-32/h1-3,5-6,11-14,19-22,31H,4,7-10,15-18,35H2,(H,37,39). The Kier molecular flexibility index (Phi) is 8.17. The molecule has 2 aliphatic rings. The highest BCUT2D eigenvalue weighted by Crippen LogP contribution is 2.40. The average molecular weight is 532 g/mol. The summed E-state index contributed by atoms with van der Waals surface area (Å²) in [7, 11) is 0. The van der Waals surface area contributed by atoms with Crippen LogP contribution >= 0.6 is 0 Å². The van der Waals surface area contributed by atoms with Gasteiger partial charge in [0.05, 0.1) is 17.6 Å². The Hall–Kier alpha value is -3.45. The second-order valence-electron chi connectivity index (χ2n) is 11.2. The van der Waals surface area contributed by atoms with Crippen LogP contribution in [0.4, 0.5) is 14.5 Å². The van der Waals surface area contributed by atoms with Gasteiger partial charge in [0.1, 0.15) is 0 Å². The van der Waals surface area contributed by atoms with E-state index in [1.54, 1.807) is 6.20 Å². The molecule has 3 aromatic rings. The molecule has 0 bridgehead atoms. The summed E-state index contributed by atoms with van der Waals surface area (Å²) in [5.41, 5.74) is 11.8. The Morgan fingerprint density at radius 3 is 2.15 bits per heavy atom. The molecule has 7 heteroatoms. The Morgan fingerprint density at radius 1 is 0.923 bits per heavy atom. The average Bonchev–Trinajstić information content (AvgIpc) is 2.93. The van der Waals surface area contributed by atoms with Gasteiger partial charge in [-0.25, -0.2) is 8.78 Å². The molecule has 1 aromatic heterocycles. The molecule has 0 unspecified atom stereocenters. The fraction of sp³-hybridized carbons (Fsp3) is 0.406. The normalized spacial score (nSPS) is 20.3. The van der Waals surface area contributed by atoms with Gasteiger partial charge in [-0.15, -0.1) is 0 Å². The van der Waals surface area contributed by atoms with E-state index in [1.165, 1.54) is 0 Å². The van der Waals surface area contributed by atoms with Crippen molar-refractivity contribution in [3.8, 4) is 22.4 Å². The lowest BCUT2D eigenvalue weighted by atomic mass is 9.72. The van der Waals surface area contributed by atoms with Crippen molar-refractivity contribution in [1.29, 1.82) is 0 Å². The highest BCUT2D eigenvalue weighted by molar-refractivity contribution is 5.93. The number of halogens is 2. The van der Waals surface area contributed by atoms with Gasteiger partial charge >= 0.3 is 0 Å². The van der Waals surface area contributed by atoms with Crippen LogP contribution in [0.5, 0.6) is 0 Å². The Bertz CT molecular complexity index is 1300. The van der Waals surface area contributed by atoms with Gasteiger partial charge in [-0.05, 0) is 74.0 Å². The van der Waals surface area contributed by atoms with Gasteiger partial charge in [-0.1, -0.05) is 54.6 Å². The number of hydrogen-bond acceptors (Lipinski definition) is 4. The number of pyridine rings is 1. The molecule has 2 aromatic carbocycles. The van der Waals surface area contributed by atoms with E-state index in [0.29, 0.717) is 24.9 Å². The maximum absolute atomic E-state index is 12.9. The minimum absolute atomic E-state index is 0.00541. The smallest absolute Gasteiger partial charge is 0.295 e. The van der Waals surface area contributed by atoms with Crippen LogP contribution in [0.3, 0.4) is 0 Å². The number of ketones is 1. The number of nitrogens with one attached hydrogen (secondary N) is 1. The minimum Gasteiger partial charge on any atom is -0.325 e. The van der Waals surface area contributed by atoms with Gasteiger partial charge in [0.15, 0.2) is 5.78 Å². The van der Waals surface area contributed by atoms with Gasteiger partial charge in [0, 0.05) is 29.5 Å². The lowest BCUT2D eigenvalue weighted by Gasteiger charge is -2.38. The first-order valence-electron chi connectivity index (χ1n) is 13.9. The number of nitrogens with two attached hydrogens (primary N) is 1. The zero-order valence-corrected chi connectivity index (χ0v) is 22.0. The first kappa shape index (κ1) is 27.1. The molecule has 5 nitrogen and oxygen atoms in total. The molecule has 1 amide bonds. The first-order chi connectivity index (χ1) is 18.8. The monoisotopic (exact) mass is 531 g/mol. The zero-order valence-electron chi connectivity index (χ0n) is 22.0. The molecule has 0 spiro atoms. The highest BCUT2D eigenvalue weighted by Gasteiger charge is 2.34. The quantitative estimate of drug-likeness (QED) is 0.308. The summed E-state index contributed by atoms with van der Waals surface area (Å²) < 4.78 is 25.1. The molecular weight excluding hydrogens is 496 g/mol. The van der Waals surface area contributed by atoms with E-state index in [4.69, 9.17) is 10.7 Å². The second kappa shape index (κ2) is 11.7. The number of alkyl halides is 2. The second-order valence-corrected chi connectivity index (χ2v) is 11.2. The molecule has 1 heterocycles. The van der Waals surface area contributed by atoms with Crippen molar-refractivity contribution in [3.63, 3.8) is 0 Å². The van der Waals surface area contributed by atoms with Crippen molar-refractivity contribution in [2.24, 2.45) is 17.6 Å². The fourth-order valence-electron chi connectivity index (χ4n) is 5.89. The van der Waals surface area contributed by atoms with Crippen molar-refractivity contribution < 1.29 is 18.4 Å². The number of aromatic nitrogens is 1. The van der Waals surface area contributed by atoms with E-state index in [9.17, 15) is 18.4 Å². The lowest BCUT2D eigenvalue weighted by Crippen LogP contribution is -2.43. The van der Waals surface area contributed by atoms with E-state index >= 15 is 0 Å².